The summed E-state index contributed by atoms with van der Waals surface area (Å²) in [5.74, 6) is 2.38. The smallest absolute Gasteiger partial charge is 0.222 e. The van der Waals surface area contributed by atoms with E-state index >= 15 is 0 Å². The number of hydrogen-bond acceptors (Lipinski definition) is 6. The summed E-state index contributed by atoms with van der Waals surface area (Å²) >= 11 is 0. The minimum atomic E-state index is -0.220. The highest BCUT2D eigenvalue weighted by Crippen LogP contribution is 2.26. The maximum Gasteiger partial charge on any atom is 0.222 e. The van der Waals surface area contributed by atoms with E-state index in [0.717, 1.165) is 88.8 Å². The number of piperazine rings is 1. The normalized spacial score (nSPS) is 19.0. The molecule has 1 atom stereocenters. The molecule has 1 aromatic carbocycles. The Hall–Kier alpha value is -2.90. The maximum absolute atomic E-state index is 13.2. The number of halogens is 1. The first-order chi connectivity index (χ1) is 16.1. The number of carbonyl (C=O) groups excluding carboxylic acids is 1. The van der Waals surface area contributed by atoms with Crippen LogP contribution in [0.2, 0.25) is 0 Å². The van der Waals surface area contributed by atoms with E-state index in [0.29, 0.717) is 12.3 Å². The molecule has 3 heterocycles. The van der Waals surface area contributed by atoms with Crippen LogP contribution in [0.25, 0.3) is 0 Å². The molecule has 2 aromatic rings. The fraction of sp³-hybridized carbons (Fsp3) is 0.560. The Morgan fingerprint density at radius 2 is 1.88 bits per heavy atom. The molecular weight excluding hydrogens is 419 g/mol. The monoisotopic (exact) mass is 454 g/mol. The van der Waals surface area contributed by atoms with E-state index < -0.39 is 0 Å². The Morgan fingerprint density at radius 3 is 2.64 bits per heavy atom. The number of aromatic nitrogens is 2. The number of rotatable bonds is 8. The lowest BCUT2D eigenvalue weighted by Gasteiger charge is -2.37. The van der Waals surface area contributed by atoms with E-state index in [2.05, 4.69) is 32.0 Å². The molecule has 0 spiro atoms. The largest absolute Gasteiger partial charge is 0.370 e. The molecule has 0 bridgehead atoms. The third-order valence-electron chi connectivity index (χ3n) is 6.64. The van der Waals surface area contributed by atoms with E-state index in [1.165, 1.54) is 12.1 Å². The predicted octanol–water partition coefficient (Wildman–Crippen LogP) is 3.78. The molecule has 2 saturated heterocycles. The number of carbonyl (C=O) groups is 1. The summed E-state index contributed by atoms with van der Waals surface area (Å²) in [5, 5.41) is 3.33. The zero-order valence-corrected chi connectivity index (χ0v) is 19.5. The average Bonchev–Trinajstić information content (AvgIpc) is 2.87. The molecule has 2 aliphatic heterocycles. The number of benzene rings is 1. The summed E-state index contributed by atoms with van der Waals surface area (Å²) in [6.45, 7) is 8.00. The van der Waals surface area contributed by atoms with Crippen LogP contribution in [0.15, 0.2) is 36.7 Å². The second-order valence-corrected chi connectivity index (χ2v) is 9.03. The van der Waals surface area contributed by atoms with Crippen LogP contribution < -0.4 is 15.1 Å². The first-order valence-corrected chi connectivity index (χ1v) is 12.2. The van der Waals surface area contributed by atoms with Crippen LogP contribution in [0.5, 0.6) is 0 Å². The predicted molar refractivity (Wildman–Crippen MR) is 130 cm³/mol. The molecule has 1 amide bonds. The molecule has 0 aliphatic carbocycles. The fourth-order valence-electron chi connectivity index (χ4n) is 4.73. The highest BCUT2D eigenvalue weighted by Gasteiger charge is 2.25. The van der Waals surface area contributed by atoms with Crippen molar-refractivity contribution in [1.29, 1.82) is 0 Å². The number of anilines is 3. The third kappa shape index (κ3) is 6.33. The van der Waals surface area contributed by atoms with Crippen molar-refractivity contribution in [3.05, 3.63) is 42.5 Å². The van der Waals surface area contributed by atoms with Crippen molar-refractivity contribution < 1.29 is 9.18 Å². The zero-order chi connectivity index (χ0) is 23.0. The molecule has 2 fully saturated rings. The molecular formula is C25H35FN6O. The Morgan fingerprint density at radius 1 is 1.09 bits per heavy atom. The van der Waals surface area contributed by atoms with Crippen LogP contribution in [0, 0.1) is 11.7 Å². The van der Waals surface area contributed by atoms with Crippen molar-refractivity contribution in [3.63, 3.8) is 0 Å². The topological polar surface area (TPSA) is 64.6 Å². The molecule has 1 N–H and O–H groups in total. The lowest BCUT2D eigenvalue weighted by atomic mass is 9.93. The van der Waals surface area contributed by atoms with Crippen molar-refractivity contribution in [2.45, 2.75) is 39.0 Å². The standard InChI is InChI=1S/C25H35FN6O/c1-2-11-27-23-17-24(29-19-28-23)32-12-3-4-20(18-32)5-10-25(33)31-15-13-30(14-16-31)22-8-6-21(26)7-9-22/h6-9,17,19-20H,2-5,10-16,18H2,1H3,(H,27,28,29)/t20-/m1/s1. The fourth-order valence-corrected chi connectivity index (χ4v) is 4.73. The van der Waals surface area contributed by atoms with Crippen LogP contribution in [-0.4, -0.2) is 66.6 Å². The van der Waals surface area contributed by atoms with Crippen LogP contribution in [-0.2, 0) is 4.79 Å². The third-order valence-corrected chi connectivity index (χ3v) is 6.64. The quantitative estimate of drug-likeness (QED) is 0.655. The van der Waals surface area contributed by atoms with Gasteiger partial charge in [0.25, 0.3) is 0 Å². The summed E-state index contributed by atoms with van der Waals surface area (Å²) in [7, 11) is 0. The average molecular weight is 455 g/mol. The van der Waals surface area contributed by atoms with Crippen molar-refractivity contribution in [3.8, 4) is 0 Å². The molecule has 33 heavy (non-hydrogen) atoms. The lowest BCUT2D eigenvalue weighted by molar-refractivity contribution is -0.131. The molecule has 2 aliphatic rings. The Labute approximate surface area is 196 Å². The van der Waals surface area contributed by atoms with E-state index in [4.69, 9.17) is 0 Å². The van der Waals surface area contributed by atoms with Gasteiger partial charge < -0.3 is 20.0 Å². The van der Waals surface area contributed by atoms with Gasteiger partial charge in [0, 0.05) is 64.0 Å². The summed E-state index contributed by atoms with van der Waals surface area (Å²) in [4.78, 5) is 28.2. The van der Waals surface area contributed by atoms with Gasteiger partial charge in [-0.25, -0.2) is 14.4 Å². The second-order valence-electron chi connectivity index (χ2n) is 9.03. The molecule has 0 saturated carbocycles. The van der Waals surface area contributed by atoms with E-state index in [9.17, 15) is 9.18 Å². The summed E-state index contributed by atoms with van der Waals surface area (Å²) in [6.07, 6.45) is 6.49. The molecule has 4 rings (SSSR count). The number of nitrogens with one attached hydrogen (secondary N) is 1. The van der Waals surface area contributed by atoms with Gasteiger partial charge in [0.1, 0.15) is 23.8 Å². The molecule has 178 valence electrons. The van der Waals surface area contributed by atoms with Gasteiger partial charge in [-0.3, -0.25) is 4.79 Å². The van der Waals surface area contributed by atoms with Crippen LogP contribution in [0.3, 0.4) is 0 Å². The molecule has 7 nitrogen and oxygen atoms in total. The molecule has 1 aromatic heterocycles. The van der Waals surface area contributed by atoms with E-state index in [1.54, 1.807) is 6.33 Å². The van der Waals surface area contributed by atoms with Crippen molar-refractivity contribution in [1.82, 2.24) is 14.9 Å². The number of amides is 1. The Bertz CT molecular complexity index is 900. The summed E-state index contributed by atoms with van der Waals surface area (Å²) in [5.41, 5.74) is 1.02. The van der Waals surface area contributed by atoms with Crippen LogP contribution in [0.1, 0.15) is 39.0 Å². The Kier molecular flexibility index (Phi) is 7.96. The van der Waals surface area contributed by atoms with Gasteiger partial charge in [-0.05, 0) is 55.9 Å². The zero-order valence-electron chi connectivity index (χ0n) is 19.5. The van der Waals surface area contributed by atoms with Crippen LogP contribution in [0.4, 0.5) is 21.7 Å². The highest BCUT2D eigenvalue weighted by atomic mass is 19.1. The van der Waals surface area contributed by atoms with E-state index in [1.807, 2.05) is 23.1 Å². The van der Waals surface area contributed by atoms with Gasteiger partial charge in [-0.1, -0.05) is 6.92 Å². The SMILES string of the molecule is CCCNc1cc(N2CCC[C@H](CCC(=O)N3CCN(c4ccc(F)cc4)CC3)C2)ncn1. The number of piperidine rings is 1. The second kappa shape index (κ2) is 11.3. The van der Waals surface area contributed by atoms with Crippen molar-refractivity contribution in [2.75, 3.05) is 60.9 Å². The van der Waals surface area contributed by atoms with Gasteiger partial charge in [0.15, 0.2) is 0 Å². The summed E-state index contributed by atoms with van der Waals surface area (Å²) in [6, 6.07) is 8.63. The first-order valence-electron chi connectivity index (χ1n) is 12.2. The minimum Gasteiger partial charge on any atom is -0.370 e. The molecule has 8 heteroatoms. The van der Waals surface area contributed by atoms with Crippen molar-refractivity contribution >= 4 is 23.2 Å². The number of hydrogen-bond donors (Lipinski definition) is 1. The van der Waals surface area contributed by atoms with Gasteiger partial charge in [0.2, 0.25) is 5.91 Å². The first kappa shape index (κ1) is 23.3. The van der Waals surface area contributed by atoms with Gasteiger partial charge in [0.05, 0.1) is 0 Å². The number of nitrogens with zero attached hydrogens (tertiary/aromatic N) is 5. The Balaban J connectivity index is 1.23. The van der Waals surface area contributed by atoms with Crippen LogP contribution >= 0.6 is 0 Å². The minimum absolute atomic E-state index is 0.220. The highest BCUT2D eigenvalue weighted by molar-refractivity contribution is 5.76. The van der Waals surface area contributed by atoms with Gasteiger partial charge in [-0.2, -0.15) is 0 Å². The van der Waals surface area contributed by atoms with Gasteiger partial charge >= 0.3 is 0 Å². The van der Waals surface area contributed by atoms with E-state index in [-0.39, 0.29) is 11.7 Å². The van der Waals surface area contributed by atoms with Crippen molar-refractivity contribution in [2.24, 2.45) is 5.92 Å². The molecule has 0 radical (unpaired) electrons. The summed E-state index contributed by atoms with van der Waals surface area (Å²) < 4.78 is 13.2. The van der Waals surface area contributed by atoms with Gasteiger partial charge in [-0.15, -0.1) is 0 Å². The lowest BCUT2D eigenvalue weighted by Crippen LogP contribution is -2.49. The maximum atomic E-state index is 13.2. The molecule has 0 unspecified atom stereocenters.